The van der Waals surface area contributed by atoms with Gasteiger partial charge in [-0.3, -0.25) is 0 Å². The molecule has 1 aromatic heterocycles. The van der Waals surface area contributed by atoms with Crippen LogP contribution in [0.25, 0.3) is 0 Å². The van der Waals surface area contributed by atoms with Gasteiger partial charge in [0, 0.05) is 13.5 Å². The number of nitrogens with two attached hydrogens (primary N) is 1. The molecule has 2 N–H and O–H groups in total. The molecule has 5 nitrogen and oxygen atoms in total. The van der Waals surface area contributed by atoms with Gasteiger partial charge >= 0.3 is 0 Å². The lowest BCUT2D eigenvalue weighted by Crippen LogP contribution is -2.26. The van der Waals surface area contributed by atoms with E-state index in [4.69, 9.17) is 15.0 Å². The highest BCUT2D eigenvalue weighted by Crippen LogP contribution is 2.40. The summed E-state index contributed by atoms with van der Waals surface area (Å²) in [6, 6.07) is 0. The van der Waals surface area contributed by atoms with Crippen LogP contribution in [0.1, 0.15) is 63.6 Å². The molecule has 1 saturated carbocycles. The maximum Gasteiger partial charge on any atom is 0.226 e. The summed E-state index contributed by atoms with van der Waals surface area (Å²) in [6.07, 6.45) is 8.46. The van der Waals surface area contributed by atoms with Gasteiger partial charge in [-0.1, -0.05) is 18.5 Å². The van der Waals surface area contributed by atoms with E-state index in [0.29, 0.717) is 5.92 Å². The lowest BCUT2D eigenvalue weighted by Gasteiger charge is -2.22. The number of aryl methyl sites for hydroxylation is 1. The molecule has 0 spiro atoms. The second-order valence-corrected chi connectivity index (χ2v) is 5.81. The third-order valence-corrected chi connectivity index (χ3v) is 4.60. The summed E-state index contributed by atoms with van der Waals surface area (Å²) in [7, 11) is 1.75. The second kappa shape index (κ2) is 7.18. The standard InChI is InChI=1S/C15H27N3O2/c1-3-12(8-11-16)6-7-13-17-14(18-20-13)15(19-2)9-4-5-10-15/h12H,3-11,16H2,1-2H3. The van der Waals surface area contributed by atoms with Crippen LogP contribution in [0.15, 0.2) is 4.52 Å². The molecule has 0 amide bonds. The number of hydrogen-bond donors (Lipinski definition) is 1. The zero-order valence-corrected chi connectivity index (χ0v) is 12.7. The van der Waals surface area contributed by atoms with E-state index in [1.54, 1.807) is 7.11 Å². The summed E-state index contributed by atoms with van der Waals surface area (Å²) in [6.45, 7) is 2.96. The highest BCUT2D eigenvalue weighted by molar-refractivity contribution is 5.04. The van der Waals surface area contributed by atoms with Crippen molar-refractivity contribution in [3.8, 4) is 0 Å². The third-order valence-electron chi connectivity index (χ3n) is 4.60. The summed E-state index contributed by atoms with van der Waals surface area (Å²) >= 11 is 0. The van der Waals surface area contributed by atoms with Gasteiger partial charge in [-0.2, -0.15) is 4.98 Å². The molecule has 114 valence electrons. The maximum atomic E-state index is 5.68. The molecule has 1 aliphatic carbocycles. The first kappa shape index (κ1) is 15.4. The largest absolute Gasteiger partial charge is 0.370 e. The van der Waals surface area contributed by atoms with E-state index in [1.165, 1.54) is 12.8 Å². The first-order chi connectivity index (χ1) is 9.74. The van der Waals surface area contributed by atoms with E-state index < -0.39 is 0 Å². The molecule has 1 fully saturated rings. The summed E-state index contributed by atoms with van der Waals surface area (Å²) < 4.78 is 11.1. The molecule has 0 saturated heterocycles. The first-order valence-corrected chi connectivity index (χ1v) is 7.82. The van der Waals surface area contributed by atoms with Crippen LogP contribution in [0.4, 0.5) is 0 Å². The van der Waals surface area contributed by atoms with Gasteiger partial charge in [-0.05, 0) is 51.0 Å². The molecule has 20 heavy (non-hydrogen) atoms. The third kappa shape index (κ3) is 3.38. The molecule has 1 unspecified atom stereocenters. The van der Waals surface area contributed by atoms with Crippen molar-refractivity contribution in [3.05, 3.63) is 11.7 Å². The van der Waals surface area contributed by atoms with Crippen molar-refractivity contribution in [1.29, 1.82) is 0 Å². The fourth-order valence-electron chi connectivity index (χ4n) is 3.12. The highest BCUT2D eigenvalue weighted by atomic mass is 16.5. The van der Waals surface area contributed by atoms with Crippen molar-refractivity contribution in [2.75, 3.05) is 13.7 Å². The van der Waals surface area contributed by atoms with Crippen LogP contribution in [-0.2, 0) is 16.8 Å². The van der Waals surface area contributed by atoms with Crippen molar-refractivity contribution < 1.29 is 9.26 Å². The topological polar surface area (TPSA) is 74.2 Å². The molecule has 1 aliphatic rings. The molecular weight excluding hydrogens is 254 g/mol. The van der Waals surface area contributed by atoms with Crippen molar-refractivity contribution in [2.45, 2.75) is 63.9 Å². The van der Waals surface area contributed by atoms with Gasteiger partial charge in [-0.15, -0.1) is 0 Å². The van der Waals surface area contributed by atoms with Crippen LogP contribution < -0.4 is 5.73 Å². The average Bonchev–Trinajstić information content (AvgIpc) is 3.12. The fourth-order valence-corrected chi connectivity index (χ4v) is 3.12. The monoisotopic (exact) mass is 281 g/mol. The van der Waals surface area contributed by atoms with Crippen LogP contribution in [0.3, 0.4) is 0 Å². The maximum absolute atomic E-state index is 5.68. The Balaban J connectivity index is 1.95. The SMILES string of the molecule is CCC(CCN)CCc1nc(C2(OC)CCCC2)no1. The zero-order chi connectivity index (χ0) is 14.4. The Bertz CT molecular complexity index is 400. The lowest BCUT2D eigenvalue weighted by atomic mass is 9.97. The summed E-state index contributed by atoms with van der Waals surface area (Å²) in [5, 5.41) is 4.16. The summed E-state index contributed by atoms with van der Waals surface area (Å²) in [5.74, 6) is 2.12. The summed E-state index contributed by atoms with van der Waals surface area (Å²) in [5.41, 5.74) is 5.33. The van der Waals surface area contributed by atoms with Crippen LogP contribution in [0.2, 0.25) is 0 Å². The number of rotatable bonds is 8. The Labute approximate surface area is 121 Å². The van der Waals surface area contributed by atoms with Gasteiger partial charge < -0.3 is 15.0 Å². The lowest BCUT2D eigenvalue weighted by molar-refractivity contribution is -0.0178. The molecule has 1 aromatic rings. The normalized spacial score (nSPS) is 19.4. The number of ether oxygens (including phenoxy) is 1. The van der Waals surface area contributed by atoms with Gasteiger partial charge in [0.05, 0.1) is 0 Å². The Morgan fingerprint density at radius 3 is 2.70 bits per heavy atom. The van der Waals surface area contributed by atoms with Crippen molar-refractivity contribution in [3.63, 3.8) is 0 Å². The minimum atomic E-state index is -0.302. The molecule has 1 heterocycles. The van der Waals surface area contributed by atoms with E-state index in [1.807, 2.05) is 0 Å². The molecule has 1 atom stereocenters. The Morgan fingerprint density at radius 2 is 2.10 bits per heavy atom. The quantitative estimate of drug-likeness (QED) is 0.793. The van der Waals surface area contributed by atoms with Crippen LogP contribution in [0, 0.1) is 5.92 Å². The number of methoxy groups -OCH3 is 1. The fraction of sp³-hybridized carbons (Fsp3) is 0.867. The van der Waals surface area contributed by atoms with E-state index in [9.17, 15) is 0 Å². The predicted molar refractivity (Wildman–Crippen MR) is 77.2 cm³/mol. The average molecular weight is 281 g/mol. The number of aromatic nitrogens is 2. The van der Waals surface area contributed by atoms with Gasteiger partial charge in [0.1, 0.15) is 5.60 Å². The summed E-state index contributed by atoms with van der Waals surface area (Å²) in [4.78, 5) is 4.57. The van der Waals surface area contributed by atoms with Crippen molar-refractivity contribution in [1.82, 2.24) is 10.1 Å². The smallest absolute Gasteiger partial charge is 0.226 e. The minimum Gasteiger partial charge on any atom is -0.370 e. The Kier molecular flexibility index (Phi) is 5.54. The van der Waals surface area contributed by atoms with E-state index in [2.05, 4.69) is 17.1 Å². The molecule has 2 rings (SSSR count). The molecule has 5 heteroatoms. The Morgan fingerprint density at radius 1 is 1.35 bits per heavy atom. The van der Waals surface area contributed by atoms with Crippen molar-refractivity contribution >= 4 is 0 Å². The van der Waals surface area contributed by atoms with Crippen LogP contribution in [0.5, 0.6) is 0 Å². The predicted octanol–water partition coefficient (Wildman–Crippen LogP) is 2.79. The van der Waals surface area contributed by atoms with E-state index in [-0.39, 0.29) is 5.60 Å². The number of hydrogen-bond acceptors (Lipinski definition) is 5. The van der Waals surface area contributed by atoms with Gasteiger partial charge in [0.25, 0.3) is 0 Å². The van der Waals surface area contributed by atoms with Crippen LogP contribution >= 0.6 is 0 Å². The molecule has 0 aliphatic heterocycles. The molecular formula is C15H27N3O2. The zero-order valence-electron chi connectivity index (χ0n) is 12.7. The highest BCUT2D eigenvalue weighted by Gasteiger charge is 2.40. The van der Waals surface area contributed by atoms with Gasteiger partial charge in [0.15, 0.2) is 0 Å². The Hall–Kier alpha value is -0.940. The molecule has 0 aromatic carbocycles. The minimum absolute atomic E-state index is 0.302. The first-order valence-electron chi connectivity index (χ1n) is 7.82. The van der Waals surface area contributed by atoms with Crippen molar-refractivity contribution in [2.24, 2.45) is 11.7 Å². The second-order valence-electron chi connectivity index (χ2n) is 5.81. The molecule has 0 radical (unpaired) electrons. The number of nitrogens with zero attached hydrogens (tertiary/aromatic N) is 2. The van der Waals surface area contributed by atoms with E-state index in [0.717, 1.165) is 56.8 Å². The van der Waals surface area contributed by atoms with Gasteiger partial charge in [-0.25, -0.2) is 0 Å². The van der Waals surface area contributed by atoms with Crippen LogP contribution in [-0.4, -0.2) is 23.8 Å². The van der Waals surface area contributed by atoms with Gasteiger partial charge in [0.2, 0.25) is 11.7 Å². The molecule has 0 bridgehead atoms. The van der Waals surface area contributed by atoms with E-state index >= 15 is 0 Å².